The second-order valence-corrected chi connectivity index (χ2v) is 8.23. The van der Waals surface area contributed by atoms with Crippen molar-refractivity contribution in [3.63, 3.8) is 0 Å². The molecule has 1 heterocycles. The number of nitrogens with zero attached hydrogens (tertiary/aromatic N) is 1. The monoisotopic (exact) mass is 400 g/mol. The Morgan fingerprint density at radius 1 is 1.07 bits per heavy atom. The standard InChI is InChI=1S/C23H32N2O2S/c1-5-26-22(27-6-2)12-9-15-24-23-18-10-7-8-11-20(18)25(4)28-21-16-17(3)13-14-19(21)23/h7-8,10-11,13-14,16,22-24H,5-6,9,12,15H2,1-4H3. The first kappa shape index (κ1) is 21.2. The second kappa shape index (κ2) is 10.3. The van der Waals surface area contributed by atoms with Crippen molar-refractivity contribution < 1.29 is 9.47 Å². The minimum absolute atomic E-state index is 0.102. The maximum atomic E-state index is 5.67. The van der Waals surface area contributed by atoms with Crippen LogP contribution in [0.4, 0.5) is 5.69 Å². The molecule has 3 rings (SSSR count). The Labute approximate surface area is 173 Å². The minimum atomic E-state index is -0.102. The van der Waals surface area contributed by atoms with Gasteiger partial charge in [-0.1, -0.05) is 30.3 Å². The molecule has 2 aromatic rings. The number of benzene rings is 2. The van der Waals surface area contributed by atoms with Gasteiger partial charge in [-0.15, -0.1) is 0 Å². The van der Waals surface area contributed by atoms with Gasteiger partial charge in [-0.3, -0.25) is 0 Å². The van der Waals surface area contributed by atoms with Gasteiger partial charge in [0.05, 0.1) is 11.7 Å². The summed E-state index contributed by atoms with van der Waals surface area (Å²) in [6.45, 7) is 8.47. The van der Waals surface area contributed by atoms with Gasteiger partial charge >= 0.3 is 0 Å². The predicted molar refractivity (Wildman–Crippen MR) is 118 cm³/mol. The lowest BCUT2D eigenvalue weighted by Crippen LogP contribution is -2.26. The number of hydrogen-bond acceptors (Lipinski definition) is 5. The van der Waals surface area contributed by atoms with E-state index in [9.17, 15) is 0 Å². The molecular weight excluding hydrogens is 368 g/mol. The van der Waals surface area contributed by atoms with Crippen LogP contribution in [0.3, 0.4) is 0 Å². The third-order valence-electron chi connectivity index (χ3n) is 4.97. The van der Waals surface area contributed by atoms with Crippen LogP contribution in [-0.4, -0.2) is 33.1 Å². The molecule has 2 aromatic carbocycles. The molecule has 0 aliphatic carbocycles. The zero-order valence-corrected chi connectivity index (χ0v) is 18.2. The number of hydrogen-bond donors (Lipinski definition) is 1. The van der Waals surface area contributed by atoms with E-state index in [1.165, 1.54) is 27.3 Å². The molecule has 1 unspecified atom stereocenters. The molecule has 1 atom stereocenters. The first-order valence-electron chi connectivity index (χ1n) is 10.2. The fourth-order valence-corrected chi connectivity index (χ4v) is 4.75. The molecule has 1 aliphatic rings. The lowest BCUT2D eigenvalue weighted by atomic mass is 9.96. The normalized spacial score (nSPS) is 16.0. The molecule has 0 saturated heterocycles. The second-order valence-electron chi connectivity index (χ2n) is 7.06. The number of anilines is 1. The highest BCUT2D eigenvalue weighted by atomic mass is 32.2. The van der Waals surface area contributed by atoms with Gasteiger partial charge in [-0.25, -0.2) is 0 Å². The van der Waals surface area contributed by atoms with Crippen LogP contribution in [0.1, 0.15) is 49.4 Å². The van der Waals surface area contributed by atoms with E-state index in [4.69, 9.17) is 9.47 Å². The fourth-order valence-electron chi connectivity index (χ4n) is 3.66. The van der Waals surface area contributed by atoms with E-state index in [-0.39, 0.29) is 12.3 Å². The lowest BCUT2D eigenvalue weighted by Gasteiger charge is -2.23. The Kier molecular flexibility index (Phi) is 7.80. The van der Waals surface area contributed by atoms with Crippen LogP contribution in [0.15, 0.2) is 47.4 Å². The predicted octanol–water partition coefficient (Wildman–Crippen LogP) is 5.31. The van der Waals surface area contributed by atoms with E-state index < -0.39 is 0 Å². The molecule has 152 valence electrons. The molecule has 0 saturated carbocycles. The molecule has 0 amide bonds. The third-order valence-corrected chi connectivity index (χ3v) is 5.99. The summed E-state index contributed by atoms with van der Waals surface area (Å²) < 4.78 is 13.6. The van der Waals surface area contributed by atoms with Crippen molar-refractivity contribution in [3.05, 3.63) is 59.2 Å². The average Bonchev–Trinajstić information content (AvgIpc) is 2.80. The first-order valence-corrected chi connectivity index (χ1v) is 11.0. The maximum absolute atomic E-state index is 5.67. The van der Waals surface area contributed by atoms with E-state index >= 15 is 0 Å². The topological polar surface area (TPSA) is 33.7 Å². The number of rotatable bonds is 9. The van der Waals surface area contributed by atoms with Crippen molar-refractivity contribution >= 4 is 17.6 Å². The van der Waals surface area contributed by atoms with Gasteiger partial charge < -0.3 is 19.1 Å². The van der Waals surface area contributed by atoms with Crippen LogP contribution in [0.25, 0.3) is 0 Å². The summed E-state index contributed by atoms with van der Waals surface area (Å²) >= 11 is 1.80. The molecule has 5 heteroatoms. The zero-order chi connectivity index (χ0) is 19.9. The first-order chi connectivity index (χ1) is 13.6. The fraction of sp³-hybridized carbons (Fsp3) is 0.478. The maximum Gasteiger partial charge on any atom is 0.157 e. The summed E-state index contributed by atoms with van der Waals surface area (Å²) in [5.41, 5.74) is 5.23. The largest absolute Gasteiger partial charge is 0.353 e. The minimum Gasteiger partial charge on any atom is -0.353 e. The summed E-state index contributed by atoms with van der Waals surface area (Å²) in [5, 5.41) is 3.80. The summed E-state index contributed by atoms with van der Waals surface area (Å²) in [6.07, 6.45) is 1.81. The van der Waals surface area contributed by atoms with Gasteiger partial charge in [0, 0.05) is 25.2 Å². The SMILES string of the molecule is CCOC(CCCNC1c2ccc(C)cc2SN(C)c2ccccc21)OCC. The quantitative estimate of drug-likeness (QED) is 0.350. The number of fused-ring (bicyclic) bond motifs is 2. The Balaban J connectivity index is 1.77. The molecule has 1 N–H and O–H groups in total. The van der Waals surface area contributed by atoms with Crippen molar-refractivity contribution in [3.8, 4) is 0 Å². The lowest BCUT2D eigenvalue weighted by molar-refractivity contribution is -0.139. The van der Waals surface area contributed by atoms with Crippen molar-refractivity contribution in [2.24, 2.45) is 0 Å². The number of para-hydroxylation sites is 1. The highest BCUT2D eigenvalue weighted by molar-refractivity contribution is 8.00. The van der Waals surface area contributed by atoms with Crippen LogP contribution >= 0.6 is 11.9 Å². The van der Waals surface area contributed by atoms with Crippen LogP contribution < -0.4 is 9.62 Å². The van der Waals surface area contributed by atoms with E-state index in [1.807, 2.05) is 13.8 Å². The average molecular weight is 401 g/mol. The van der Waals surface area contributed by atoms with E-state index in [1.54, 1.807) is 11.9 Å². The van der Waals surface area contributed by atoms with Gasteiger partial charge in [0.2, 0.25) is 0 Å². The number of nitrogens with one attached hydrogen (secondary N) is 1. The van der Waals surface area contributed by atoms with Crippen molar-refractivity contribution in [1.29, 1.82) is 0 Å². The molecule has 1 aliphatic heterocycles. The smallest absolute Gasteiger partial charge is 0.157 e. The van der Waals surface area contributed by atoms with Crippen molar-refractivity contribution in [2.75, 3.05) is 31.1 Å². The van der Waals surface area contributed by atoms with Gasteiger partial charge in [-0.2, -0.15) is 0 Å². The third kappa shape index (κ3) is 5.09. The van der Waals surface area contributed by atoms with Crippen LogP contribution in [0, 0.1) is 6.92 Å². The molecule has 4 nitrogen and oxygen atoms in total. The Morgan fingerprint density at radius 3 is 2.57 bits per heavy atom. The van der Waals surface area contributed by atoms with Crippen LogP contribution in [0.5, 0.6) is 0 Å². The van der Waals surface area contributed by atoms with Gasteiger partial charge in [-0.05, 0) is 80.9 Å². The number of ether oxygens (including phenoxy) is 2. The Morgan fingerprint density at radius 2 is 1.82 bits per heavy atom. The molecular formula is C23H32N2O2S. The molecule has 28 heavy (non-hydrogen) atoms. The molecule has 0 aromatic heterocycles. The van der Waals surface area contributed by atoms with Gasteiger partial charge in [0.25, 0.3) is 0 Å². The van der Waals surface area contributed by atoms with Gasteiger partial charge in [0.1, 0.15) is 0 Å². The van der Waals surface area contributed by atoms with Crippen LogP contribution in [0.2, 0.25) is 0 Å². The van der Waals surface area contributed by atoms with Crippen molar-refractivity contribution in [2.45, 2.75) is 50.8 Å². The Hall–Kier alpha value is -1.53. The molecule has 0 bridgehead atoms. The molecule has 0 radical (unpaired) electrons. The Bertz CT molecular complexity index is 762. The van der Waals surface area contributed by atoms with Crippen LogP contribution in [-0.2, 0) is 9.47 Å². The van der Waals surface area contributed by atoms with E-state index in [0.717, 1.165) is 19.4 Å². The summed E-state index contributed by atoms with van der Waals surface area (Å²) in [5.74, 6) is 0. The summed E-state index contributed by atoms with van der Waals surface area (Å²) in [7, 11) is 2.15. The highest BCUT2D eigenvalue weighted by Crippen LogP contribution is 2.43. The summed E-state index contributed by atoms with van der Waals surface area (Å²) in [6, 6.07) is 15.6. The molecule has 0 fully saturated rings. The number of aryl methyl sites for hydroxylation is 1. The van der Waals surface area contributed by atoms with Crippen molar-refractivity contribution in [1.82, 2.24) is 5.32 Å². The van der Waals surface area contributed by atoms with Gasteiger partial charge in [0.15, 0.2) is 6.29 Å². The molecule has 0 spiro atoms. The van der Waals surface area contributed by atoms with E-state index in [2.05, 4.69) is 66.1 Å². The summed E-state index contributed by atoms with van der Waals surface area (Å²) in [4.78, 5) is 1.32. The van der Waals surface area contributed by atoms with E-state index in [0.29, 0.717) is 13.2 Å². The zero-order valence-electron chi connectivity index (χ0n) is 17.4. The highest BCUT2D eigenvalue weighted by Gasteiger charge is 2.26.